The average molecular weight is 374 g/mol. The van der Waals surface area contributed by atoms with Gasteiger partial charge >= 0.3 is 0 Å². The average Bonchev–Trinajstić information content (AvgIpc) is 2.87. The molecule has 0 aliphatic heterocycles. The molecule has 1 aliphatic rings. The van der Waals surface area contributed by atoms with E-state index in [0.717, 1.165) is 25.5 Å². The molecule has 1 unspecified atom stereocenters. The molecule has 2 rings (SSSR count). The Morgan fingerprint density at radius 2 is 2.14 bits per heavy atom. The lowest BCUT2D eigenvalue weighted by atomic mass is 9.74. The number of hydrogen-bond acceptors (Lipinski definition) is 3. The van der Waals surface area contributed by atoms with Crippen molar-refractivity contribution < 1.29 is 4.74 Å². The van der Waals surface area contributed by atoms with Crippen LogP contribution in [0.1, 0.15) is 51.3 Å². The van der Waals surface area contributed by atoms with Crippen molar-refractivity contribution in [1.29, 1.82) is 0 Å². The Morgan fingerprint density at radius 3 is 2.67 bits per heavy atom. The van der Waals surface area contributed by atoms with Crippen molar-refractivity contribution in [3.63, 3.8) is 0 Å². The van der Waals surface area contributed by atoms with Crippen LogP contribution in [0.25, 0.3) is 0 Å². The van der Waals surface area contributed by atoms with E-state index >= 15 is 0 Å². The van der Waals surface area contributed by atoms with Crippen LogP contribution in [0.15, 0.2) is 15.9 Å². The summed E-state index contributed by atoms with van der Waals surface area (Å²) in [5, 5.41) is 5.89. The Kier molecular flexibility index (Phi) is 6.73. The SMILES string of the molecule is CCNC(Cc1cc(Br)cs1)C1(OCC)CCC(C)CC1. The van der Waals surface area contributed by atoms with E-state index in [4.69, 9.17) is 4.74 Å². The molecule has 1 atom stereocenters. The largest absolute Gasteiger partial charge is 0.374 e. The number of ether oxygens (including phenoxy) is 1. The molecular weight excluding hydrogens is 346 g/mol. The summed E-state index contributed by atoms with van der Waals surface area (Å²) in [5.74, 6) is 0.844. The number of halogens is 1. The van der Waals surface area contributed by atoms with Crippen LogP contribution in [-0.2, 0) is 11.2 Å². The maximum atomic E-state index is 6.34. The minimum atomic E-state index is 0.0216. The third-order valence-electron chi connectivity index (χ3n) is 4.67. The Labute approximate surface area is 141 Å². The van der Waals surface area contributed by atoms with Gasteiger partial charge in [-0.1, -0.05) is 13.8 Å². The third kappa shape index (κ3) is 4.54. The molecule has 21 heavy (non-hydrogen) atoms. The van der Waals surface area contributed by atoms with Crippen molar-refractivity contribution in [1.82, 2.24) is 5.32 Å². The first kappa shape index (κ1) is 17.5. The molecule has 1 aliphatic carbocycles. The molecule has 0 radical (unpaired) electrons. The summed E-state index contributed by atoms with van der Waals surface area (Å²) in [5.41, 5.74) is 0.0216. The van der Waals surface area contributed by atoms with Gasteiger partial charge < -0.3 is 10.1 Å². The lowest BCUT2D eigenvalue weighted by molar-refractivity contribution is -0.0956. The first-order valence-electron chi connectivity index (χ1n) is 8.20. The van der Waals surface area contributed by atoms with Crippen molar-refractivity contribution in [3.05, 3.63) is 20.8 Å². The summed E-state index contributed by atoms with van der Waals surface area (Å²) < 4.78 is 7.54. The number of thiophene rings is 1. The lowest BCUT2D eigenvalue weighted by Crippen LogP contribution is -2.55. The van der Waals surface area contributed by atoms with Gasteiger partial charge in [-0.15, -0.1) is 11.3 Å². The van der Waals surface area contributed by atoms with E-state index in [1.165, 1.54) is 35.0 Å². The highest BCUT2D eigenvalue weighted by molar-refractivity contribution is 9.10. The molecular formula is C17H28BrNOS. The maximum Gasteiger partial charge on any atom is 0.0838 e. The van der Waals surface area contributed by atoms with Crippen LogP contribution in [-0.4, -0.2) is 24.8 Å². The lowest BCUT2D eigenvalue weighted by Gasteiger charge is -2.45. The van der Waals surface area contributed by atoms with Gasteiger partial charge in [0.15, 0.2) is 0 Å². The van der Waals surface area contributed by atoms with E-state index in [-0.39, 0.29) is 5.60 Å². The molecule has 0 bridgehead atoms. The van der Waals surface area contributed by atoms with Crippen molar-refractivity contribution in [3.8, 4) is 0 Å². The highest BCUT2D eigenvalue weighted by atomic mass is 79.9. The van der Waals surface area contributed by atoms with Crippen molar-refractivity contribution in [2.45, 2.75) is 64.5 Å². The number of nitrogens with one attached hydrogen (secondary N) is 1. The van der Waals surface area contributed by atoms with Gasteiger partial charge in [0.05, 0.1) is 5.60 Å². The maximum absolute atomic E-state index is 6.34. The van der Waals surface area contributed by atoms with Gasteiger partial charge in [0.25, 0.3) is 0 Å². The van der Waals surface area contributed by atoms with Crippen LogP contribution in [0.5, 0.6) is 0 Å². The standard InChI is InChI=1S/C17H28BrNOS/c1-4-19-16(11-15-10-14(18)12-21-15)17(20-5-2)8-6-13(3)7-9-17/h10,12-13,16,19H,4-9,11H2,1-3H3. The molecule has 0 spiro atoms. The first-order chi connectivity index (χ1) is 10.1. The van der Waals surface area contributed by atoms with Crippen LogP contribution < -0.4 is 5.32 Å². The number of hydrogen-bond donors (Lipinski definition) is 1. The van der Waals surface area contributed by atoms with Gasteiger partial charge in [0, 0.05) is 27.4 Å². The predicted molar refractivity (Wildman–Crippen MR) is 95.2 cm³/mol. The Morgan fingerprint density at radius 1 is 1.43 bits per heavy atom. The molecule has 120 valence electrons. The zero-order chi connectivity index (χ0) is 15.3. The molecule has 0 saturated heterocycles. The highest BCUT2D eigenvalue weighted by Gasteiger charge is 2.41. The molecule has 1 saturated carbocycles. The van der Waals surface area contributed by atoms with Gasteiger partial charge in [-0.05, 0) is 73.5 Å². The molecule has 0 aromatic carbocycles. The Balaban J connectivity index is 2.15. The van der Waals surface area contributed by atoms with Gasteiger partial charge in [-0.25, -0.2) is 0 Å². The summed E-state index contributed by atoms with van der Waals surface area (Å²) in [6.45, 7) is 8.51. The zero-order valence-corrected chi connectivity index (χ0v) is 15.9. The molecule has 1 fully saturated rings. The fourth-order valence-electron chi connectivity index (χ4n) is 3.48. The summed E-state index contributed by atoms with van der Waals surface area (Å²) in [6, 6.07) is 2.67. The van der Waals surface area contributed by atoms with E-state index in [0.29, 0.717) is 6.04 Å². The van der Waals surface area contributed by atoms with Gasteiger partial charge in [-0.3, -0.25) is 0 Å². The normalized spacial score (nSPS) is 27.7. The first-order valence-corrected chi connectivity index (χ1v) is 9.87. The number of rotatable bonds is 7. The summed E-state index contributed by atoms with van der Waals surface area (Å²) in [7, 11) is 0. The second-order valence-corrected chi connectivity index (χ2v) is 8.14. The van der Waals surface area contributed by atoms with Crippen molar-refractivity contribution in [2.24, 2.45) is 5.92 Å². The van der Waals surface area contributed by atoms with E-state index < -0.39 is 0 Å². The molecule has 1 heterocycles. The second-order valence-electron chi connectivity index (χ2n) is 6.23. The fraction of sp³-hybridized carbons (Fsp3) is 0.765. The molecule has 1 aromatic heterocycles. The van der Waals surface area contributed by atoms with Crippen LogP contribution in [0.3, 0.4) is 0 Å². The van der Waals surface area contributed by atoms with Gasteiger partial charge in [-0.2, -0.15) is 0 Å². The van der Waals surface area contributed by atoms with E-state index in [1.807, 2.05) is 11.3 Å². The van der Waals surface area contributed by atoms with Crippen LogP contribution in [0.2, 0.25) is 0 Å². The van der Waals surface area contributed by atoms with Crippen LogP contribution in [0, 0.1) is 5.92 Å². The molecule has 1 N–H and O–H groups in total. The van der Waals surface area contributed by atoms with Crippen LogP contribution in [0.4, 0.5) is 0 Å². The third-order valence-corrected chi connectivity index (χ3v) is 6.39. The topological polar surface area (TPSA) is 21.3 Å². The van der Waals surface area contributed by atoms with Gasteiger partial charge in [0.1, 0.15) is 0 Å². The highest BCUT2D eigenvalue weighted by Crippen LogP contribution is 2.39. The molecule has 2 nitrogen and oxygen atoms in total. The van der Waals surface area contributed by atoms with E-state index in [1.54, 1.807) is 0 Å². The fourth-order valence-corrected chi connectivity index (χ4v) is 4.98. The molecule has 1 aromatic rings. The summed E-state index contributed by atoms with van der Waals surface area (Å²) >= 11 is 5.41. The molecule has 0 amide bonds. The zero-order valence-electron chi connectivity index (χ0n) is 13.5. The quantitative estimate of drug-likeness (QED) is 0.724. The van der Waals surface area contributed by atoms with Crippen molar-refractivity contribution >= 4 is 27.3 Å². The van der Waals surface area contributed by atoms with Gasteiger partial charge in [0.2, 0.25) is 0 Å². The number of likely N-dealkylation sites (N-methyl/N-ethyl adjacent to an activating group) is 1. The second kappa shape index (κ2) is 8.09. The Bertz CT molecular complexity index is 426. The van der Waals surface area contributed by atoms with Crippen LogP contribution >= 0.6 is 27.3 Å². The minimum Gasteiger partial charge on any atom is -0.374 e. The van der Waals surface area contributed by atoms with E-state index in [9.17, 15) is 0 Å². The minimum absolute atomic E-state index is 0.0216. The van der Waals surface area contributed by atoms with Crippen molar-refractivity contribution in [2.75, 3.05) is 13.2 Å². The Hall–Kier alpha value is 0.1000. The monoisotopic (exact) mass is 373 g/mol. The smallest absolute Gasteiger partial charge is 0.0838 e. The predicted octanol–water partition coefficient (Wildman–Crippen LogP) is 5.02. The summed E-state index contributed by atoms with van der Waals surface area (Å²) in [4.78, 5) is 1.44. The molecule has 4 heteroatoms. The summed E-state index contributed by atoms with van der Waals surface area (Å²) in [6.07, 6.45) is 6.02. The van der Waals surface area contributed by atoms with E-state index in [2.05, 4.69) is 53.5 Å².